The van der Waals surface area contributed by atoms with Crippen LogP contribution in [0.5, 0.6) is 5.75 Å². The first kappa shape index (κ1) is 28.5. The average molecular weight is 687 g/mol. The van der Waals surface area contributed by atoms with Crippen molar-refractivity contribution in [2.75, 3.05) is 11.9 Å². The molecule has 0 spiro atoms. The van der Waals surface area contributed by atoms with Gasteiger partial charge < -0.3 is 10.1 Å². The zero-order chi connectivity index (χ0) is 28.2. The molecule has 1 N–H and O–H groups in total. The van der Waals surface area contributed by atoms with Gasteiger partial charge in [-0.2, -0.15) is 9.78 Å². The van der Waals surface area contributed by atoms with E-state index in [4.69, 9.17) is 21.3 Å². The molecule has 5 rings (SSSR count). The monoisotopic (exact) mass is 684 g/mol. The Morgan fingerprint density at radius 2 is 1.88 bits per heavy atom. The standard InChI is InChI=1S/C30H27Br2ClN4O3/c1-18-7-10-22(11-8-18)35-27(38)17-40-28-24(32)13-19(14-25(28)33)16-34-37-29(20-5-3-2-4-6-20)36-26-12-9-21(31)15-23(26)30(37)39/h7-16,20H,2-6,17H2,1H3,(H,35,38). The summed E-state index contributed by atoms with van der Waals surface area (Å²) in [6.45, 7) is 1.77. The summed E-state index contributed by atoms with van der Waals surface area (Å²) in [4.78, 5) is 30.8. The number of aryl methyl sites for hydroxylation is 1. The Morgan fingerprint density at radius 1 is 1.12 bits per heavy atom. The fourth-order valence-corrected chi connectivity index (χ4v) is 6.14. The van der Waals surface area contributed by atoms with Gasteiger partial charge in [0.2, 0.25) is 0 Å². The van der Waals surface area contributed by atoms with Crippen molar-refractivity contribution < 1.29 is 9.53 Å². The third kappa shape index (κ3) is 6.65. The number of ether oxygens (including phenoxy) is 1. The highest BCUT2D eigenvalue weighted by molar-refractivity contribution is 9.10. The minimum atomic E-state index is -0.303. The van der Waals surface area contributed by atoms with Crippen molar-refractivity contribution in [3.8, 4) is 5.75 Å². The van der Waals surface area contributed by atoms with E-state index in [0.717, 1.165) is 35.7 Å². The minimum Gasteiger partial charge on any atom is -0.481 e. The van der Waals surface area contributed by atoms with E-state index in [1.807, 2.05) is 43.3 Å². The molecule has 0 aliphatic heterocycles. The molecule has 1 heterocycles. The molecule has 40 heavy (non-hydrogen) atoms. The van der Waals surface area contributed by atoms with Gasteiger partial charge in [-0.05, 0) is 83.7 Å². The second-order valence-electron chi connectivity index (χ2n) is 9.84. The van der Waals surface area contributed by atoms with Crippen LogP contribution in [0.4, 0.5) is 5.69 Å². The van der Waals surface area contributed by atoms with Gasteiger partial charge in [0.25, 0.3) is 11.5 Å². The Kier molecular flexibility index (Phi) is 9.03. The van der Waals surface area contributed by atoms with E-state index in [1.165, 1.54) is 11.1 Å². The lowest BCUT2D eigenvalue weighted by Gasteiger charge is -2.22. The number of anilines is 1. The summed E-state index contributed by atoms with van der Waals surface area (Å²) in [6, 6.07) is 16.5. The first-order chi connectivity index (χ1) is 19.3. The number of benzene rings is 3. The summed E-state index contributed by atoms with van der Waals surface area (Å²) in [5, 5.41) is 8.19. The minimum absolute atomic E-state index is 0.170. The number of nitrogens with one attached hydrogen (secondary N) is 1. The number of fused-ring (bicyclic) bond motifs is 1. The molecule has 0 unspecified atom stereocenters. The molecule has 206 valence electrons. The first-order valence-electron chi connectivity index (χ1n) is 13.0. The zero-order valence-electron chi connectivity index (χ0n) is 21.8. The Morgan fingerprint density at radius 3 is 2.60 bits per heavy atom. The second kappa shape index (κ2) is 12.7. The van der Waals surface area contributed by atoms with E-state index in [2.05, 4.69) is 42.3 Å². The predicted octanol–water partition coefficient (Wildman–Crippen LogP) is 7.83. The highest BCUT2D eigenvalue weighted by atomic mass is 79.9. The van der Waals surface area contributed by atoms with Crippen molar-refractivity contribution in [2.24, 2.45) is 5.10 Å². The van der Waals surface area contributed by atoms with Crippen LogP contribution in [0.1, 0.15) is 55.0 Å². The molecule has 1 fully saturated rings. The van der Waals surface area contributed by atoms with Crippen LogP contribution in [-0.4, -0.2) is 28.4 Å². The van der Waals surface area contributed by atoms with Crippen LogP contribution in [0.15, 0.2) is 73.4 Å². The van der Waals surface area contributed by atoms with Crippen molar-refractivity contribution in [3.63, 3.8) is 0 Å². The molecule has 1 aliphatic carbocycles. The molecule has 1 aliphatic rings. The van der Waals surface area contributed by atoms with Crippen molar-refractivity contribution in [1.29, 1.82) is 0 Å². The molecular weight excluding hydrogens is 660 g/mol. The van der Waals surface area contributed by atoms with Crippen LogP contribution in [0, 0.1) is 6.92 Å². The van der Waals surface area contributed by atoms with Gasteiger partial charge in [-0.15, -0.1) is 0 Å². The second-order valence-corrected chi connectivity index (χ2v) is 12.0. The summed E-state index contributed by atoms with van der Waals surface area (Å²) in [5.41, 5.74) is 2.90. The summed E-state index contributed by atoms with van der Waals surface area (Å²) < 4.78 is 8.50. The maximum Gasteiger partial charge on any atom is 0.282 e. The number of halogens is 3. The van der Waals surface area contributed by atoms with Crippen LogP contribution in [0.3, 0.4) is 0 Å². The zero-order valence-corrected chi connectivity index (χ0v) is 25.7. The Balaban J connectivity index is 1.38. The molecule has 3 aromatic carbocycles. The first-order valence-corrected chi connectivity index (χ1v) is 15.0. The molecule has 1 amide bonds. The molecular formula is C30H27Br2ClN4O3. The van der Waals surface area contributed by atoms with E-state index in [1.54, 1.807) is 24.4 Å². The molecule has 10 heteroatoms. The van der Waals surface area contributed by atoms with Crippen molar-refractivity contribution in [2.45, 2.75) is 44.9 Å². The molecule has 7 nitrogen and oxygen atoms in total. The lowest BCUT2D eigenvalue weighted by Crippen LogP contribution is -2.25. The summed E-state index contributed by atoms with van der Waals surface area (Å²) >= 11 is 13.5. The summed E-state index contributed by atoms with van der Waals surface area (Å²) in [6.07, 6.45) is 6.95. The van der Waals surface area contributed by atoms with Crippen LogP contribution in [0.25, 0.3) is 10.9 Å². The SMILES string of the molecule is Cc1ccc(NC(=O)COc2c(Cl)cc(C=Nn3c(C4CCCCC4)nc4ccc(Br)cc4c3=O)cc2Br)cc1. The largest absolute Gasteiger partial charge is 0.481 e. The highest BCUT2D eigenvalue weighted by Gasteiger charge is 2.22. The molecule has 0 atom stereocenters. The van der Waals surface area contributed by atoms with E-state index >= 15 is 0 Å². The number of aromatic nitrogens is 2. The molecule has 0 bridgehead atoms. The van der Waals surface area contributed by atoms with Gasteiger partial charge in [0.15, 0.2) is 12.4 Å². The molecule has 0 saturated heterocycles. The third-order valence-electron chi connectivity index (χ3n) is 6.83. The average Bonchev–Trinajstić information content (AvgIpc) is 2.94. The Labute approximate surface area is 253 Å². The number of carbonyl (C=O) groups is 1. The van der Waals surface area contributed by atoms with Gasteiger partial charge in [-0.1, -0.05) is 64.5 Å². The fourth-order valence-electron chi connectivity index (χ4n) is 4.79. The number of amides is 1. The highest BCUT2D eigenvalue weighted by Crippen LogP contribution is 2.35. The summed E-state index contributed by atoms with van der Waals surface area (Å²) in [7, 11) is 0. The topological polar surface area (TPSA) is 85.6 Å². The van der Waals surface area contributed by atoms with Crippen LogP contribution < -0.4 is 15.6 Å². The normalized spacial score (nSPS) is 14.1. The lowest BCUT2D eigenvalue weighted by molar-refractivity contribution is -0.118. The molecule has 4 aromatic rings. The molecule has 1 aromatic heterocycles. The summed E-state index contributed by atoms with van der Waals surface area (Å²) in [5.74, 6) is 0.891. The molecule has 1 saturated carbocycles. The van der Waals surface area contributed by atoms with E-state index < -0.39 is 0 Å². The fraction of sp³-hybridized carbons (Fsp3) is 0.267. The maximum absolute atomic E-state index is 13.5. The molecule has 0 radical (unpaired) electrons. The number of hydrogen-bond donors (Lipinski definition) is 1. The van der Waals surface area contributed by atoms with Gasteiger partial charge in [-0.25, -0.2) is 4.98 Å². The smallest absolute Gasteiger partial charge is 0.282 e. The van der Waals surface area contributed by atoms with Gasteiger partial charge in [0.05, 0.1) is 26.6 Å². The van der Waals surface area contributed by atoms with Crippen LogP contribution in [-0.2, 0) is 4.79 Å². The quantitative estimate of drug-likeness (QED) is 0.201. The van der Waals surface area contributed by atoms with Crippen LogP contribution in [0.2, 0.25) is 5.02 Å². The Bertz CT molecular complexity index is 1620. The van der Waals surface area contributed by atoms with Crippen molar-refractivity contribution >= 4 is 72.2 Å². The van der Waals surface area contributed by atoms with Gasteiger partial charge in [-0.3, -0.25) is 9.59 Å². The number of nitrogens with zero attached hydrogens (tertiary/aromatic N) is 3. The van der Waals surface area contributed by atoms with E-state index in [9.17, 15) is 9.59 Å². The Hall–Kier alpha value is -3.01. The van der Waals surface area contributed by atoms with Crippen molar-refractivity contribution in [1.82, 2.24) is 9.66 Å². The predicted molar refractivity (Wildman–Crippen MR) is 167 cm³/mol. The van der Waals surface area contributed by atoms with Gasteiger partial charge >= 0.3 is 0 Å². The number of hydrogen-bond acceptors (Lipinski definition) is 5. The van der Waals surface area contributed by atoms with Gasteiger partial charge in [0, 0.05) is 16.1 Å². The number of rotatable bonds is 7. The van der Waals surface area contributed by atoms with Crippen molar-refractivity contribution in [3.05, 3.63) is 95.9 Å². The van der Waals surface area contributed by atoms with Crippen LogP contribution >= 0.6 is 43.5 Å². The van der Waals surface area contributed by atoms with E-state index in [0.29, 0.717) is 43.2 Å². The van der Waals surface area contributed by atoms with E-state index in [-0.39, 0.29) is 24.0 Å². The number of carbonyl (C=O) groups excluding carboxylic acids is 1. The van der Waals surface area contributed by atoms with Gasteiger partial charge in [0.1, 0.15) is 5.82 Å². The third-order valence-corrected chi connectivity index (χ3v) is 8.19. The maximum atomic E-state index is 13.5. The lowest BCUT2D eigenvalue weighted by atomic mass is 9.88.